The average Bonchev–Trinajstić information content (AvgIpc) is 2.85. The van der Waals surface area contributed by atoms with Crippen molar-refractivity contribution in [2.45, 2.75) is 19.0 Å². The molecule has 4 N–H and O–H groups in total. The maximum absolute atomic E-state index is 11.8. The van der Waals surface area contributed by atoms with Crippen LogP contribution in [-0.4, -0.2) is 7.11 Å². The summed E-state index contributed by atoms with van der Waals surface area (Å²) in [5, 5.41) is 6.70. The van der Waals surface area contributed by atoms with Crippen molar-refractivity contribution in [3.8, 4) is 5.75 Å². The first-order chi connectivity index (χ1) is 15.5. The molecule has 0 aliphatic heterocycles. The van der Waals surface area contributed by atoms with Crippen LogP contribution in [0.4, 0.5) is 17.1 Å². The zero-order chi connectivity index (χ0) is 22.7. The summed E-state index contributed by atoms with van der Waals surface area (Å²) in [6.45, 7) is 2.12. The van der Waals surface area contributed by atoms with Gasteiger partial charge in [-0.15, -0.1) is 0 Å². The highest BCUT2D eigenvalue weighted by Gasteiger charge is 2.20. The van der Waals surface area contributed by atoms with E-state index in [-0.39, 0.29) is 23.5 Å². The van der Waals surface area contributed by atoms with Crippen LogP contribution in [0.25, 0.3) is 0 Å². The Morgan fingerprint density at radius 3 is 2.16 bits per heavy atom. The second-order valence-electron chi connectivity index (χ2n) is 7.70. The molecule has 0 aliphatic rings. The molecule has 32 heavy (non-hydrogen) atoms. The third-order valence-corrected chi connectivity index (χ3v) is 5.60. The van der Waals surface area contributed by atoms with Crippen molar-refractivity contribution in [1.29, 1.82) is 0 Å². The highest BCUT2D eigenvalue weighted by atomic mass is 16.5. The summed E-state index contributed by atoms with van der Waals surface area (Å²) in [4.78, 5) is 23.2. The van der Waals surface area contributed by atoms with E-state index in [1.54, 1.807) is 7.11 Å². The van der Waals surface area contributed by atoms with Crippen LogP contribution in [0.15, 0.2) is 88.5 Å². The van der Waals surface area contributed by atoms with E-state index < -0.39 is 10.9 Å². The Labute approximate surface area is 186 Å². The number of nitrogen functional groups attached to an aromatic ring is 1. The molecule has 0 aliphatic carbocycles. The smallest absolute Gasteiger partial charge is 0.253 e. The molecule has 0 radical (unpaired) electrons. The molecule has 0 amide bonds. The largest absolute Gasteiger partial charge is 0.497 e. The van der Waals surface area contributed by atoms with Crippen molar-refractivity contribution in [3.63, 3.8) is 0 Å². The lowest BCUT2D eigenvalue weighted by Crippen LogP contribution is -2.36. The summed E-state index contributed by atoms with van der Waals surface area (Å²) in [5.74, 6) is 0.787. The molecular weight excluding hydrogens is 402 g/mol. The lowest BCUT2D eigenvalue weighted by molar-refractivity contribution is 0.414. The van der Waals surface area contributed by atoms with Crippen molar-refractivity contribution in [3.05, 3.63) is 116 Å². The van der Waals surface area contributed by atoms with E-state index in [1.165, 1.54) is 5.56 Å². The second-order valence-corrected chi connectivity index (χ2v) is 7.70. The minimum Gasteiger partial charge on any atom is -0.497 e. The van der Waals surface area contributed by atoms with Crippen LogP contribution in [0.1, 0.15) is 35.7 Å². The molecule has 4 aromatic carbocycles. The van der Waals surface area contributed by atoms with Gasteiger partial charge in [0, 0.05) is 11.7 Å². The van der Waals surface area contributed by atoms with E-state index in [0.717, 1.165) is 16.9 Å². The maximum Gasteiger partial charge on any atom is 0.253 e. The van der Waals surface area contributed by atoms with Crippen molar-refractivity contribution >= 4 is 17.1 Å². The molecule has 0 saturated carbocycles. The molecule has 6 heteroatoms. The van der Waals surface area contributed by atoms with Crippen LogP contribution in [0.2, 0.25) is 0 Å². The topological polar surface area (TPSA) is 93.4 Å². The summed E-state index contributed by atoms with van der Waals surface area (Å²) in [7, 11) is 1.64. The van der Waals surface area contributed by atoms with Crippen LogP contribution in [0.3, 0.4) is 0 Å². The number of ether oxygens (including phenoxy) is 1. The summed E-state index contributed by atoms with van der Waals surface area (Å²) in [5.41, 5.74) is 8.51. The van der Waals surface area contributed by atoms with Crippen LogP contribution >= 0.6 is 0 Å². The van der Waals surface area contributed by atoms with Crippen molar-refractivity contribution in [1.82, 2.24) is 5.32 Å². The van der Waals surface area contributed by atoms with Crippen molar-refractivity contribution in [2.24, 2.45) is 0 Å². The average molecular weight is 428 g/mol. The molecule has 6 nitrogen and oxygen atoms in total. The zero-order valence-corrected chi connectivity index (χ0v) is 18.0. The van der Waals surface area contributed by atoms with E-state index in [9.17, 15) is 9.59 Å². The van der Waals surface area contributed by atoms with Crippen LogP contribution in [0, 0.1) is 0 Å². The molecule has 2 unspecified atom stereocenters. The Morgan fingerprint density at radius 1 is 0.812 bits per heavy atom. The Balaban J connectivity index is 1.67. The lowest BCUT2D eigenvalue weighted by atomic mass is 9.96. The second kappa shape index (κ2) is 9.08. The van der Waals surface area contributed by atoms with Gasteiger partial charge < -0.3 is 15.8 Å². The number of benzene rings is 3. The summed E-state index contributed by atoms with van der Waals surface area (Å²) in [6, 6.07) is 25.8. The first-order valence-corrected chi connectivity index (χ1v) is 10.4. The molecule has 4 rings (SSSR count). The van der Waals surface area contributed by atoms with Crippen LogP contribution in [0.5, 0.6) is 5.75 Å². The number of rotatable bonds is 8. The Hall–Kier alpha value is -3.90. The predicted octanol–water partition coefficient (Wildman–Crippen LogP) is 4.06. The molecule has 0 spiro atoms. The van der Waals surface area contributed by atoms with Crippen LogP contribution < -0.4 is 32.0 Å². The van der Waals surface area contributed by atoms with Gasteiger partial charge in [0.2, 0.25) is 0 Å². The zero-order valence-electron chi connectivity index (χ0n) is 18.0. The van der Waals surface area contributed by atoms with E-state index in [1.807, 2.05) is 66.7 Å². The molecule has 162 valence electrons. The number of nitrogens with one attached hydrogen (secondary N) is 2. The lowest BCUT2D eigenvalue weighted by Gasteiger charge is -2.25. The number of methoxy groups -OCH3 is 1. The minimum atomic E-state index is -0.641. The third kappa shape index (κ3) is 4.26. The van der Waals surface area contributed by atoms with Gasteiger partial charge in [0.1, 0.15) is 17.1 Å². The first kappa shape index (κ1) is 21.3. The quantitative estimate of drug-likeness (QED) is 0.367. The van der Waals surface area contributed by atoms with Gasteiger partial charge in [-0.3, -0.25) is 14.9 Å². The molecule has 0 saturated heterocycles. The molecule has 2 atom stereocenters. The molecule has 0 heterocycles. The SMILES string of the molecule is COc1ccc(C(NC(C)c2ccccc2)c2cccc(Nc3c(N)c(=O)c3=O)c2)cc1. The minimum absolute atomic E-state index is 0.0251. The van der Waals surface area contributed by atoms with Crippen molar-refractivity contribution < 1.29 is 4.74 Å². The van der Waals surface area contributed by atoms with Gasteiger partial charge in [-0.2, -0.15) is 0 Å². The number of nitrogens with two attached hydrogens (primary N) is 1. The van der Waals surface area contributed by atoms with E-state index >= 15 is 0 Å². The van der Waals surface area contributed by atoms with E-state index in [0.29, 0.717) is 5.69 Å². The normalized spacial score (nSPS) is 12.9. The van der Waals surface area contributed by atoms with Gasteiger partial charge in [-0.05, 0) is 47.9 Å². The maximum atomic E-state index is 11.8. The van der Waals surface area contributed by atoms with Crippen molar-refractivity contribution in [2.75, 3.05) is 18.2 Å². The fourth-order valence-electron chi connectivity index (χ4n) is 3.74. The first-order valence-electron chi connectivity index (χ1n) is 10.4. The summed E-state index contributed by atoms with van der Waals surface area (Å²) < 4.78 is 5.31. The fourth-order valence-corrected chi connectivity index (χ4v) is 3.74. The molecule has 0 fully saturated rings. The third-order valence-electron chi connectivity index (χ3n) is 5.60. The highest BCUT2D eigenvalue weighted by molar-refractivity contribution is 5.76. The van der Waals surface area contributed by atoms with Gasteiger partial charge in [0.15, 0.2) is 0 Å². The standard InChI is InChI=1S/C26H25N3O3/c1-16(17-7-4-3-5-8-17)28-23(18-11-13-21(32-2)14-12-18)19-9-6-10-20(15-19)29-24-22(27)25(30)26(24)31/h3-16,23,28-29H,27H2,1-2H3. The summed E-state index contributed by atoms with van der Waals surface area (Å²) in [6.07, 6.45) is 0. The Kier molecular flexibility index (Phi) is 6.05. The molecular formula is C26H25N3O3. The predicted molar refractivity (Wildman–Crippen MR) is 128 cm³/mol. The highest BCUT2D eigenvalue weighted by Crippen LogP contribution is 2.30. The Morgan fingerprint density at radius 2 is 1.50 bits per heavy atom. The van der Waals surface area contributed by atoms with E-state index in [4.69, 9.17) is 10.5 Å². The van der Waals surface area contributed by atoms with Gasteiger partial charge in [-0.25, -0.2) is 0 Å². The fraction of sp³-hybridized carbons (Fsp3) is 0.154. The van der Waals surface area contributed by atoms with Gasteiger partial charge in [0.05, 0.1) is 13.2 Å². The van der Waals surface area contributed by atoms with Gasteiger partial charge >= 0.3 is 0 Å². The van der Waals surface area contributed by atoms with Gasteiger partial charge in [-0.1, -0.05) is 54.6 Å². The Bertz CT molecular complexity index is 1280. The number of anilines is 3. The molecule has 4 aromatic rings. The van der Waals surface area contributed by atoms with E-state index in [2.05, 4.69) is 29.7 Å². The molecule has 0 aromatic heterocycles. The number of hydrogen-bond acceptors (Lipinski definition) is 6. The monoisotopic (exact) mass is 427 g/mol. The summed E-state index contributed by atoms with van der Waals surface area (Å²) >= 11 is 0. The van der Waals surface area contributed by atoms with Gasteiger partial charge in [0.25, 0.3) is 10.9 Å². The number of hydrogen-bond donors (Lipinski definition) is 3. The molecule has 0 bridgehead atoms. The van der Waals surface area contributed by atoms with Crippen LogP contribution in [-0.2, 0) is 0 Å².